The number of fused-ring (bicyclic) bond motifs is 26. The van der Waals surface area contributed by atoms with Gasteiger partial charge >= 0.3 is 0 Å². The van der Waals surface area contributed by atoms with Crippen LogP contribution in [0.5, 0.6) is 0 Å². The molecule has 4 aliphatic rings. The molecular weight excluding hydrogens is 1630 g/mol. The molecule has 0 saturated heterocycles. The molecule has 0 bridgehead atoms. The van der Waals surface area contributed by atoms with Gasteiger partial charge in [-0.2, -0.15) is 0 Å². The average Bonchev–Trinajstić information content (AvgIpc) is 1.55. The average molecular weight is 1720 g/mol. The second-order valence-electron chi connectivity index (χ2n) is 36.9. The van der Waals surface area contributed by atoms with Crippen molar-refractivity contribution in [2.45, 2.75) is 89.9 Å². The van der Waals surface area contributed by atoms with Gasteiger partial charge in [-0.05, 0) is 163 Å². The van der Waals surface area contributed by atoms with Crippen molar-refractivity contribution in [3.8, 4) is 135 Å². The fourth-order valence-electron chi connectivity index (χ4n) is 22.2. The highest BCUT2D eigenvalue weighted by Gasteiger charge is 2.45. The predicted molar refractivity (Wildman–Crippen MR) is 537 cm³/mol. The second-order valence-corrected chi connectivity index (χ2v) is 36.9. The van der Waals surface area contributed by atoms with E-state index in [1.807, 2.05) is 134 Å². The van der Waals surface area contributed by atoms with Crippen LogP contribution in [-0.4, -0.2) is 49.8 Å². The zero-order chi connectivity index (χ0) is 89.3. The molecule has 9 aromatic heterocycles. The third kappa shape index (κ3) is 12.1. The fraction of sp³-hybridized carbons (Fsp3) is 0.117. The van der Waals surface area contributed by atoms with E-state index < -0.39 is 0 Å². The van der Waals surface area contributed by atoms with Crippen molar-refractivity contribution in [3.05, 3.63) is 397 Å². The summed E-state index contributed by atoms with van der Waals surface area (Å²) in [5.41, 5.74) is 37.2. The zero-order valence-electron chi connectivity index (χ0n) is 74.6. The van der Waals surface area contributed by atoms with Crippen molar-refractivity contribution in [2.24, 2.45) is 0 Å². The number of nitrogens with zero attached hydrogens (tertiary/aromatic N) is 10. The van der Waals surface area contributed by atoms with Gasteiger partial charge in [-0.25, -0.2) is 39.9 Å². The Morgan fingerprint density at radius 1 is 0.241 bits per heavy atom. The van der Waals surface area contributed by atoms with E-state index in [0.29, 0.717) is 40.4 Å². The maximum absolute atomic E-state index is 6.72. The van der Waals surface area contributed by atoms with E-state index in [1.54, 1.807) is 0 Å². The normalized spacial score (nSPS) is 14.0. The van der Waals surface area contributed by atoms with Crippen LogP contribution in [0.15, 0.2) is 366 Å². The first-order valence-electron chi connectivity index (χ1n) is 45.8. The molecule has 0 radical (unpaired) electrons. The predicted octanol–water partition coefficient (Wildman–Crippen LogP) is 30.4. The molecule has 133 heavy (non-hydrogen) atoms. The number of furan rings is 3. The van der Waals surface area contributed by atoms with Crippen LogP contribution in [-0.2, 0) is 21.7 Å². The van der Waals surface area contributed by atoms with Gasteiger partial charge in [0.1, 0.15) is 22.3 Å². The molecule has 27 rings (SSSR count). The quantitative estimate of drug-likeness (QED) is 0.127. The van der Waals surface area contributed by atoms with Crippen LogP contribution in [0.1, 0.15) is 113 Å². The first kappa shape index (κ1) is 78.8. The lowest BCUT2D eigenvalue weighted by molar-refractivity contribution is 0.490. The summed E-state index contributed by atoms with van der Waals surface area (Å²) in [7, 11) is 0. The molecule has 13 nitrogen and oxygen atoms in total. The molecule has 13 heteroatoms. The third-order valence-corrected chi connectivity index (χ3v) is 28.8. The van der Waals surface area contributed by atoms with Gasteiger partial charge in [0, 0.05) is 122 Å². The Bertz CT molecular complexity index is 8730. The van der Waals surface area contributed by atoms with Gasteiger partial charge in [-0.15, -0.1) is 0 Å². The van der Waals surface area contributed by atoms with Crippen LogP contribution in [0.3, 0.4) is 0 Å². The van der Waals surface area contributed by atoms with E-state index in [9.17, 15) is 0 Å². The number of para-hydroxylation sites is 3. The Labute approximate surface area is 767 Å². The molecule has 0 aliphatic heterocycles. The van der Waals surface area contributed by atoms with Crippen molar-refractivity contribution in [1.29, 1.82) is 0 Å². The Kier molecular flexibility index (Phi) is 17.8. The van der Waals surface area contributed by atoms with E-state index >= 15 is 0 Å². The number of benzene rings is 14. The van der Waals surface area contributed by atoms with Gasteiger partial charge < -0.3 is 13.3 Å². The van der Waals surface area contributed by atoms with Crippen molar-refractivity contribution < 1.29 is 13.3 Å². The summed E-state index contributed by atoms with van der Waals surface area (Å²) in [5, 5.41) is 8.60. The summed E-state index contributed by atoms with van der Waals surface area (Å²) in [4.78, 5) is 49.4. The monoisotopic (exact) mass is 1710 g/mol. The maximum atomic E-state index is 6.72. The smallest absolute Gasteiger partial charge is 0.183 e. The van der Waals surface area contributed by atoms with Crippen LogP contribution in [0.25, 0.3) is 223 Å². The summed E-state index contributed by atoms with van der Waals surface area (Å²) < 4.78 is 20.0. The molecule has 23 aromatic rings. The van der Waals surface area contributed by atoms with E-state index in [-0.39, 0.29) is 21.7 Å². The van der Waals surface area contributed by atoms with Crippen LogP contribution < -0.4 is 0 Å². The summed E-state index contributed by atoms with van der Waals surface area (Å²) in [6.07, 6.45) is 9.44. The van der Waals surface area contributed by atoms with Gasteiger partial charge in [0.2, 0.25) is 0 Å². The zero-order valence-corrected chi connectivity index (χ0v) is 74.6. The minimum atomic E-state index is -0.142. The largest absolute Gasteiger partial charge is 0.455 e. The van der Waals surface area contributed by atoms with Crippen molar-refractivity contribution in [3.63, 3.8) is 0 Å². The minimum absolute atomic E-state index is 0.0778. The van der Waals surface area contributed by atoms with Gasteiger partial charge in [-0.1, -0.05) is 316 Å². The van der Waals surface area contributed by atoms with E-state index in [1.165, 1.54) is 83.5 Å². The lowest BCUT2D eigenvalue weighted by Crippen LogP contribution is -2.23. The molecule has 0 N–H and O–H groups in total. The summed E-state index contributed by atoms with van der Waals surface area (Å²) in [5.74, 6) is 3.12. The fourth-order valence-corrected chi connectivity index (χ4v) is 22.2. The van der Waals surface area contributed by atoms with E-state index in [2.05, 4.69) is 279 Å². The molecule has 0 fully saturated rings. The molecule has 0 spiro atoms. The van der Waals surface area contributed by atoms with Gasteiger partial charge in [0.25, 0.3) is 0 Å². The molecule has 0 unspecified atom stereocenters. The summed E-state index contributed by atoms with van der Waals surface area (Å²) >= 11 is 0. The Morgan fingerprint density at radius 3 is 1.42 bits per heavy atom. The first-order chi connectivity index (χ1) is 65.1. The van der Waals surface area contributed by atoms with Gasteiger partial charge in [-0.3, -0.25) is 9.97 Å². The van der Waals surface area contributed by atoms with Crippen LogP contribution in [0.2, 0.25) is 0 Å². The number of aromatic nitrogens is 10. The Morgan fingerprint density at radius 2 is 0.722 bits per heavy atom. The Hall–Kier alpha value is -16.4. The lowest BCUT2D eigenvalue weighted by Gasteiger charge is -2.30. The summed E-state index contributed by atoms with van der Waals surface area (Å²) in [6, 6.07) is 114. The maximum Gasteiger partial charge on any atom is 0.183 e. The van der Waals surface area contributed by atoms with Crippen molar-refractivity contribution in [2.75, 3.05) is 0 Å². The first-order valence-corrected chi connectivity index (χ1v) is 45.8. The van der Waals surface area contributed by atoms with Crippen molar-refractivity contribution >= 4 is 87.6 Å². The highest BCUT2D eigenvalue weighted by molar-refractivity contribution is 6.21. The Balaban J connectivity index is 0.000000108. The molecule has 14 aromatic carbocycles. The van der Waals surface area contributed by atoms with Crippen LogP contribution >= 0.6 is 0 Å². The highest BCUT2D eigenvalue weighted by Crippen LogP contribution is 2.60. The highest BCUT2D eigenvalue weighted by atomic mass is 16.3. The standard InChI is InChI=1S/C43H32N4O.C43H31N3O.C34H23N3O/c1-3-43(4-2)34-21-12-11-20-31(34)37-35(43)25-33(39-38(37)32-22-23-44-26-36(32)48-39)29-18-13-19-30(24-29)42-46-40(27-14-7-5-8-15-27)45-41(47-42)28-16-9-6-10-17-28;1-42(2)30-15-7-5-11-25(30)26-19-18-24(23-33(26)42)38-27-12-6-8-17-34(27)45-41(46-38)29-14-9-13-28-36-35(47-40(28)29)21-20-31-37(36)39-32(43(31,3)4)16-10-22-44-39;1-34(2)24-14-8-6-12-21(24)28-25(34)16-17-27-29(28)23-18-19-35-31(32(23)38-27)33-36-26-15-9-7-13-22(26)30(37-33)20-10-4-3-5-11-20/h5-26H,3-4H2,1-2H3;5-23H,1-4H3;3-19H,1-2H3. The second kappa shape index (κ2) is 30.1. The SMILES string of the molecule is CC1(C)c2ccccc2-c2c1ccc1oc3c(-c4nc(-c5ccccc5)c5ccccc5n4)nccc3c21.CC1(C)c2ccccc2-c2ccc(-c3nc(-c4cccc5c4oc4ccc6c(c45)-c4ncccc4C6(C)C)nc4ccccc34)cc21.CCC1(CC)c2ccccc2-c2c1cc(-c1cccc(-c3nc(-c4ccccc4)nc(-c4ccccc4)n3)c1)c1oc3cnccc3c21. The van der Waals surface area contributed by atoms with Crippen LogP contribution in [0.4, 0.5) is 0 Å². The molecule has 0 amide bonds. The molecule has 4 aliphatic carbocycles. The summed E-state index contributed by atoms with van der Waals surface area (Å²) in [6.45, 7) is 18.4. The molecule has 9 heterocycles. The van der Waals surface area contributed by atoms with Gasteiger partial charge in [0.15, 0.2) is 46.0 Å². The molecule has 634 valence electrons. The van der Waals surface area contributed by atoms with Gasteiger partial charge in [0.05, 0.1) is 39.9 Å². The molecule has 0 saturated carbocycles. The molecule has 0 atom stereocenters. The number of hydrogen-bond acceptors (Lipinski definition) is 13. The number of rotatable bonds is 10. The van der Waals surface area contributed by atoms with Crippen LogP contribution in [0, 0.1) is 0 Å². The number of pyridine rings is 3. The number of hydrogen-bond donors (Lipinski definition) is 0. The topological polar surface area (TPSA) is 168 Å². The lowest BCUT2D eigenvalue weighted by atomic mass is 9.73. The minimum Gasteiger partial charge on any atom is -0.455 e. The third-order valence-electron chi connectivity index (χ3n) is 28.8. The van der Waals surface area contributed by atoms with Crippen molar-refractivity contribution in [1.82, 2.24) is 49.8 Å². The molecular formula is C120H86N10O3. The van der Waals surface area contributed by atoms with E-state index in [4.69, 9.17) is 58.1 Å². The van der Waals surface area contributed by atoms with E-state index in [0.717, 1.165) is 156 Å².